The predicted molar refractivity (Wildman–Crippen MR) is 90.5 cm³/mol. The van der Waals surface area contributed by atoms with E-state index in [1.165, 1.54) is 6.92 Å². The van der Waals surface area contributed by atoms with Crippen molar-refractivity contribution < 1.29 is 67.9 Å². The molecule has 0 amide bonds. The number of carbonyl (C=O) groups is 3. The highest BCUT2D eigenvalue weighted by atomic mass is 32.2. The summed E-state index contributed by atoms with van der Waals surface area (Å²) in [6.45, 7) is 4.57. The highest BCUT2D eigenvalue weighted by molar-refractivity contribution is 7.85. The van der Waals surface area contributed by atoms with E-state index in [4.69, 9.17) is 14.0 Å². The van der Waals surface area contributed by atoms with E-state index >= 15 is 0 Å². The van der Waals surface area contributed by atoms with Crippen LogP contribution in [0.4, 0.5) is 26.3 Å². The van der Waals surface area contributed by atoms with Crippen molar-refractivity contribution in [2.45, 2.75) is 43.5 Å². The van der Waals surface area contributed by atoms with Gasteiger partial charge in [-0.05, 0) is 13.3 Å². The van der Waals surface area contributed by atoms with E-state index < -0.39 is 87.6 Å². The van der Waals surface area contributed by atoms with E-state index in [0.717, 1.165) is 0 Å². The molecule has 0 aromatic rings. The summed E-state index contributed by atoms with van der Waals surface area (Å²) >= 11 is 0. The van der Waals surface area contributed by atoms with Gasteiger partial charge in [-0.1, -0.05) is 6.58 Å². The monoisotopic (exact) mass is 510 g/mol. The van der Waals surface area contributed by atoms with E-state index in [2.05, 4.69) is 11.3 Å². The molecule has 1 saturated heterocycles. The van der Waals surface area contributed by atoms with Crippen LogP contribution in [0.25, 0.3) is 0 Å². The molecule has 16 heteroatoms. The lowest BCUT2D eigenvalue weighted by atomic mass is 9.78. The van der Waals surface area contributed by atoms with Crippen LogP contribution in [0, 0.1) is 23.7 Å². The summed E-state index contributed by atoms with van der Waals surface area (Å²) in [6.07, 6.45) is -15.6. The number of hydrogen-bond donors (Lipinski definition) is 1. The number of ether oxygens (including phenoxy) is 3. The van der Waals surface area contributed by atoms with Crippen molar-refractivity contribution in [2.24, 2.45) is 23.7 Å². The lowest BCUT2D eigenvalue weighted by Crippen LogP contribution is -2.64. The molecular formula is C17H16F6O9S. The number of rotatable bonds is 6. The maximum atomic E-state index is 13.5. The van der Waals surface area contributed by atoms with Crippen LogP contribution in [0.15, 0.2) is 12.2 Å². The molecule has 3 aliphatic rings. The zero-order chi connectivity index (χ0) is 25.3. The zero-order valence-corrected chi connectivity index (χ0v) is 17.3. The van der Waals surface area contributed by atoms with Crippen LogP contribution in [0.3, 0.4) is 0 Å². The first-order chi connectivity index (χ1) is 14.8. The molecule has 3 fully saturated rings. The third kappa shape index (κ3) is 4.06. The third-order valence-electron chi connectivity index (χ3n) is 5.99. The minimum Gasteiger partial charge on any atom is -0.458 e. The summed E-state index contributed by atoms with van der Waals surface area (Å²) in [4.78, 5) is 36.7. The van der Waals surface area contributed by atoms with Gasteiger partial charge in [0.05, 0.1) is 11.8 Å². The van der Waals surface area contributed by atoms with Crippen molar-refractivity contribution in [1.82, 2.24) is 0 Å². The summed E-state index contributed by atoms with van der Waals surface area (Å²) in [5.74, 6) is -12.9. The Morgan fingerprint density at radius 3 is 2.15 bits per heavy atom. The minimum absolute atomic E-state index is 0.112. The molecule has 0 spiro atoms. The van der Waals surface area contributed by atoms with Crippen LogP contribution >= 0.6 is 0 Å². The molecule has 1 N–H and O–H groups in total. The van der Waals surface area contributed by atoms with Crippen LogP contribution in [0.1, 0.15) is 13.3 Å². The second-order valence-corrected chi connectivity index (χ2v) is 9.59. The summed E-state index contributed by atoms with van der Waals surface area (Å²) in [5, 5.41) is 0. The molecular weight excluding hydrogens is 494 g/mol. The van der Waals surface area contributed by atoms with Crippen LogP contribution in [0.2, 0.25) is 0 Å². The van der Waals surface area contributed by atoms with Gasteiger partial charge in [-0.15, -0.1) is 0 Å². The molecule has 9 nitrogen and oxygen atoms in total. The Morgan fingerprint density at radius 1 is 1.15 bits per heavy atom. The summed E-state index contributed by atoms with van der Waals surface area (Å²) < 4.78 is 126. The minimum atomic E-state index is -6.52. The molecule has 33 heavy (non-hydrogen) atoms. The summed E-state index contributed by atoms with van der Waals surface area (Å²) in [7, 11) is -5.97. The molecule has 0 radical (unpaired) electrons. The standard InChI is InChI=1S/C17H16F6O9S/c1-5(2)12(24)30-10-7-3-6-8(13(25)31-11(6)10)9(7)14(26)32-15(16(18,19)20,17(21,22)23)4-33(27,28)29/h6-11H,1,3-4H2,2H3,(H,27,28,29). The highest BCUT2D eigenvalue weighted by Gasteiger charge is 2.77. The van der Waals surface area contributed by atoms with Gasteiger partial charge in [-0.25, -0.2) is 4.79 Å². The van der Waals surface area contributed by atoms with E-state index in [1.54, 1.807) is 0 Å². The molecule has 1 heterocycles. The SMILES string of the molecule is C=C(C)C(=O)OC1C2CC3C1OC(=O)C3C2C(=O)OC(CS(=O)(=O)O)(C(F)(F)F)C(F)(F)F. The maximum absolute atomic E-state index is 13.5. The van der Waals surface area contributed by atoms with Crippen molar-refractivity contribution >= 4 is 28.0 Å². The number of hydrogen-bond acceptors (Lipinski definition) is 8. The second kappa shape index (κ2) is 7.58. The van der Waals surface area contributed by atoms with Gasteiger partial charge in [0.15, 0.2) is 0 Å². The summed E-state index contributed by atoms with van der Waals surface area (Å²) in [5.41, 5.74) is -5.72. The van der Waals surface area contributed by atoms with Crippen LogP contribution in [0.5, 0.6) is 0 Å². The first kappa shape index (κ1) is 25.3. The predicted octanol–water partition coefficient (Wildman–Crippen LogP) is 1.58. The number of alkyl halides is 6. The van der Waals surface area contributed by atoms with Crippen molar-refractivity contribution in [3.63, 3.8) is 0 Å². The molecule has 0 aromatic carbocycles. The molecule has 6 atom stereocenters. The number of carbonyl (C=O) groups excluding carboxylic acids is 3. The fourth-order valence-corrected chi connectivity index (χ4v) is 5.56. The molecule has 0 aromatic heterocycles. The van der Waals surface area contributed by atoms with Gasteiger partial charge in [-0.2, -0.15) is 34.8 Å². The van der Waals surface area contributed by atoms with Crippen LogP contribution < -0.4 is 0 Å². The quantitative estimate of drug-likeness (QED) is 0.186. The molecule has 1 aliphatic heterocycles. The molecule has 2 bridgehead atoms. The van der Waals surface area contributed by atoms with Gasteiger partial charge in [0.1, 0.15) is 18.0 Å². The Kier molecular flexibility index (Phi) is 5.80. The van der Waals surface area contributed by atoms with E-state index in [9.17, 15) is 49.1 Å². The average Bonchev–Trinajstić information content (AvgIpc) is 3.21. The van der Waals surface area contributed by atoms with Crippen molar-refractivity contribution in [2.75, 3.05) is 5.75 Å². The highest BCUT2D eigenvalue weighted by Crippen LogP contribution is 2.60. The maximum Gasteiger partial charge on any atom is 0.438 e. The van der Waals surface area contributed by atoms with Crippen LogP contribution in [-0.4, -0.2) is 66.8 Å². The smallest absolute Gasteiger partial charge is 0.438 e. The molecule has 186 valence electrons. The lowest BCUT2D eigenvalue weighted by molar-refractivity contribution is -0.362. The van der Waals surface area contributed by atoms with Crippen LogP contribution in [-0.2, 0) is 38.7 Å². The Hall–Kier alpha value is -2.36. The lowest BCUT2D eigenvalue weighted by Gasteiger charge is -2.38. The normalized spacial score (nSPS) is 31.3. The van der Waals surface area contributed by atoms with Gasteiger partial charge in [0.25, 0.3) is 10.1 Å². The average molecular weight is 510 g/mol. The molecule has 6 unspecified atom stereocenters. The first-order valence-corrected chi connectivity index (χ1v) is 10.8. The largest absolute Gasteiger partial charge is 0.458 e. The van der Waals surface area contributed by atoms with Gasteiger partial charge in [-0.3, -0.25) is 14.1 Å². The van der Waals surface area contributed by atoms with Gasteiger partial charge >= 0.3 is 35.9 Å². The van der Waals surface area contributed by atoms with E-state index in [-0.39, 0.29) is 12.0 Å². The second-order valence-electron chi connectivity index (χ2n) is 8.14. The van der Waals surface area contributed by atoms with Crippen molar-refractivity contribution in [3.8, 4) is 0 Å². The van der Waals surface area contributed by atoms with E-state index in [1.807, 2.05) is 0 Å². The molecule has 2 saturated carbocycles. The summed E-state index contributed by atoms with van der Waals surface area (Å²) in [6, 6.07) is 0. The first-order valence-electron chi connectivity index (χ1n) is 9.19. The Labute approximate surface area is 181 Å². The van der Waals surface area contributed by atoms with E-state index in [0.29, 0.717) is 0 Å². The number of esters is 3. The van der Waals surface area contributed by atoms with Crippen molar-refractivity contribution in [1.29, 1.82) is 0 Å². The fourth-order valence-electron chi connectivity index (χ4n) is 4.66. The van der Waals surface area contributed by atoms with Gasteiger partial charge in [0.2, 0.25) is 0 Å². The number of fused-ring (bicyclic) bond motifs is 1. The Bertz CT molecular complexity index is 987. The fraction of sp³-hybridized carbons (Fsp3) is 0.706. The van der Waals surface area contributed by atoms with Crippen molar-refractivity contribution in [3.05, 3.63) is 12.2 Å². The molecule has 2 aliphatic carbocycles. The Morgan fingerprint density at radius 2 is 1.70 bits per heavy atom. The third-order valence-corrected chi connectivity index (χ3v) is 6.76. The number of halogens is 6. The molecule has 3 rings (SSSR count). The van der Waals surface area contributed by atoms with Gasteiger partial charge < -0.3 is 14.2 Å². The zero-order valence-electron chi connectivity index (χ0n) is 16.5. The topological polar surface area (TPSA) is 133 Å². The van der Waals surface area contributed by atoms with Gasteiger partial charge in [0, 0.05) is 17.4 Å². The Balaban J connectivity index is 1.99.